The molecule has 0 radical (unpaired) electrons. The monoisotopic (exact) mass is 543 g/mol. The average Bonchev–Trinajstić information content (AvgIpc) is 3.35. The van der Waals surface area contributed by atoms with Gasteiger partial charge in [0, 0.05) is 31.2 Å². The van der Waals surface area contributed by atoms with Gasteiger partial charge in [0.2, 0.25) is 0 Å². The van der Waals surface area contributed by atoms with E-state index >= 15 is 0 Å². The van der Waals surface area contributed by atoms with Crippen LogP contribution in [0.2, 0.25) is 0 Å². The van der Waals surface area contributed by atoms with Crippen molar-refractivity contribution < 1.29 is 0 Å². The van der Waals surface area contributed by atoms with E-state index in [1.807, 2.05) is 24.6 Å². The van der Waals surface area contributed by atoms with Crippen LogP contribution < -0.4 is 10.6 Å². The summed E-state index contributed by atoms with van der Waals surface area (Å²) in [6.07, 6.45) is 0.873. The Kier molecular flexibility index (Phi) is 8.26. The van der Waals surface area contributed by atoms with Crippen LogP contribution in [0.25, 0.3) is 10.9 Å². The Morgan fingerprint density at radius 3 is 2.56 bits per heavy atom. The molecular formula is C24H30IN7. The lowest BCUT2D eigenvalue weighted by Crippen LogP contribution is -2.39. The highest BCUT2D eigenvalue weighted by Crippen LogP contribution is 2.15. The minimum absolute atomic E-state index is 0. The summed E-state index contributed by atoms with van der Waals surface area (Å²) in [5.74, 6) is 2.47. The van der Waals surface area contributed by atoms with Crippen LogP contribution in [-0.4, -0.2) is 32.3 Å². The first-order valence-corrected chi connectivity index (χ1v) is 10.6. The van der Waals surface area contributed by atoms with E-state index in [1.165, 1.54) is 22.2 Å². The van der Waals surface area contributed by atoms with Gasteiger partial charge in [-0.1, -0.05) is 48.5 Å². The van der Waals surface area contributed by atoms with Crippen molar-refractivity contribution in [3.63, 3.8) is 0 Å². The fourth-order valence-electron chi connectivity index (χ4n) is 3.50. The number of halogens is 1. The SMILES string of the molecule is Cc1nnc(CN=C(NCCc2cc3ccccc3[nH]2)NC(C)c2ccccc2)n1C.I. The lowest BCUT2D eigenvalue weighted by Gasteiger charge is -2.18. The third-order valence-corrected chi connectivity index (χ3v) is 5.49. The van der Waals surface area contributed by atoms with Crippen LogP contribution in [0.1, 0.15) is 35.9 Å². The molecule has 168 valence electrons. The number of aryl methyl sites for hydroxylation is 1. The Balaban J connectivity index is 0.00000289. The second-order valence-electron chi connectivity index (χ2n) is 7.72. The number of hydrogen-bond acceptors (Lipinski definition) is 3. The van der Waals surface area contributed by atoms with Crippen molar-refractivity contribution in [3.8, 4) is 0 Å². The van der Waals surface area contributed by atoms with Gasteiger partial charge in [0.1, 0.15) is 12.4 Å². The van der Waals surface area contributed by atoms with Crippen LogP contribution in [0.4, 0.5) is 0 Å². The first kappa shape index (κ1) is 23.8. The minimum atomic E-state index is 0. The summed E-state index contributed by atoms with van der Waals surface area (Å²) in [6, 6.07) is 21.0. The van der Waals surface area contributed by atoms with E-state index in [0.29, 0.717) is 6.54 Å². The van der Waals surface area contributed by atoms with Crippen molar-refractivity contribution in [3.05, 3.63) is 83.6 Å². The lowest BCUT2D eigenvalue weighted by molar-refractivity contribution is 0.674. The molecule has 0 aliphatic carbocycles. The maximum absolute atomic E-state index is 4.77. The highest BCUT2D eigenvalue weighted by molar-refractivity contribution is 14.0. The lowest BCUT2D eigenvalue weighted by atomic mass is 10.1. The first-order chi connectivity index (χ1) is 15.1. The quantitative estimate of drug-likeness (QED) is 0.185. The van der Waals surface area contributed by atoms with Crippen molar-refractivity contribution in [1.29, 1.82) is 0 Å². The molecule has 0 saturated carbocycles. The molecule has 32 heavy (non-hydrogen) atoms. The van der Waals surface area contributed by atoms with Crippen LogP contribution in [-0.2, 0) is 20.0 Å². The maximum atomic E-state index is 4.77. The van der Waals surface area contributed by atoms with Gasteiger partial charge in [0.25, 0.3) is 0 Å². The minimum Gasteiger partial charge on any atom is -0.358 e. The van der Waals surface area contributed by atoms with Crippen LogP contribution in [0.3, 0.4) is 0 Å². The van der Waals surface area contributed by atoms with E-state index in [9.17, 15) is 0 Å². The molecule has 0 fully saturated rings. The number of nitrogens with one attached hydrogen (secondary N) is 3. The van der Waals surface area contributed by atoms with Crippen molar-refractivity contribution in [1.82, 2.24) is 30.4 Å². The number of hydrogen-bond donors (Lipinski definition) is 3. The number of aliphatic imine (C=N–C) groups is 1. The molecule has 8 heteroatoms. The zero-order valence-electron chi connectivity index (χ0n) is 18.7. The third kappa shape index (κ3) is 5.87. The van der Waals surface area contributed by atoms with E-state index in [1.54, 1.807) is 0 Å². The Bertz CT molecular complexity index is 1130. The Hall–Kier alpha value is -2.88. The predicted octanol–water partition coefficient (Wildman–Crippen LogP) is 4.26. The smallest absolute Gasteiger partial charge is 0.192 e. The Labute approximate surface area is 205 Å². The number of para-hydroxylation sites is 1. The fourth-order valence-corrected chi connectivity index (χ4v) is 3.50. The van der Waals surface area contributed by atoms with Crippen molar-refractivity contribution >= 4 is 40.8 Å². The largest absolute Gasteiger partial charge is 0.358 e. The number of aromatic nitrogens is 4. The van der Waals surface area contributed by atoms with Gasteiger partial charge in [-0.2, -0.15) is 0 Å². The number of fused-ring (bicyclic) bond motifs is 1. The molecule has 4 rings (SSSR count). The number of benzene rings is 2. The molecule has 0 aliphatic heterocycles. The molecule has 2 aromatic heterocycles. The molecule has 0 spiro atoms. The summed E-state index contributed by atoms with van der Waals surface area (Å²) in [7, 11) is 1.96. The zero-order valence-corrected chi connectivity index (χ0v) is 21.0. The zero-order chi connectivity index (χ0) is 21.6. The number of aromatic amines is 1. The van der Waals surface area contributed by atoms with Crippen LogP contribution in [0.5, 0.6) is 0 Å². The molecule has 0 aliphatic rings. The van der Waals surface area contributed by atoms with Gasteiger partial charge in [-0.15, -0.1) is 34.2 Å². The second kappa shape index (κ2) is 11.1. The molecule has 7 nitrogen and oxygen atoms in total. The van der Waals surface area contributed by atoms with Gasteiger partial charge in [0.05, 0.1) is 6.04 Å². The van der Waals surface area contributed by atoms with Gasteiger partial charge < -0.3 is 20.2 Å². The summed E-state index contributed by atoms with van der Waals surface area (Å²) < 4.78 is 1.96. The van der Waals surface area contributed by atoms with Crippen molar-refractivity contribution in [2.45, 2.75) is 32.9 Å². The standard InChI is InChI=1S/C24H29N7.HI/c1-17(19-9-5-4-6-10-19)27-24(26-16-23-30-29-18(2)31(23)3)25-14-13-21-15-20-11-7-8-12-22(20)28-21;/h4-12,15,17,28H,13-14,16H2,1-3H3,(H2,25,26,27);1H. The molecule has 3 N–H and O–H groups in total. The van der Waals surface area contributed by atoms with Crippen molar-refractivity contribution in [2.24, 2.45) is 12.0 Å². The van der Waals surface area contributed by atoms with E-state index < -0.39 is 0 Å². The van der Waals surface area contributed by atoms with E-state index in [4.69, 9.17) is 4.99 Å². The number of nitrogens with zero attached hydrogens (tertiary/aromatic N) is 4. The van der Waals surface area contributed by atoms with Gasteiger partial charge in [0.15, 0.2) is 11.8 Å². The third-order valence-electron chi connectivity index (χ3n) is 5.49. The van der Waals surface area contributed by atoms with Crippen LogP contribution >= 0.6 is 24.0 Å². The summed E-state index contributed by atoms with van der Waals surface area (Å²) in [4.78, 5) is 8.25. The molecule has 1 atom stereocenters. The van der Waals surface area contributed by atoms with Gasteiger partial charge in [-0.25, -0.2) is 4.99 Å². The van der Waals surface area contributed by atoms with Gasteiger partial charge >= 0.3 is 0 Å². The molecule has 2 aromatic carbocycles. The highest BCUT2D eigenvalue weighted by atomic mass is 127. The molecule has 4 aromatic rings. The number of guanidine groups is 1. The molecule has 0 amide bonds. The van der Waals surface area contributed by atoms with Crippen LogP contribution in [0.15, 0.2) is 65.7 Å². The normalized spacial score (nSPS) is 12.4. The summed E-state index contributed by atoms with van der Waals surface area (Å²) >= 11 is 0. The maximum Gasteiger partial charge on any atom is 0.192 e. The number of H-pyrrole nitrogens is 1. The topological polar surface area (TPSA) is 82.9 Å². The van der Waals surface area contributed by atoms with Gasteiger partial charge in [-0.3, -0.25) is 0 Å². The summed E-state index contributed by atoms with van der Waals surface area (Å²) in [5.41, 5.74) is 3.58. The highest BCUT2D eigenvalue weighted by Gasteiger charge is 2.10. The van der Waals surface area contributed by atoms with E-state index in [2.05, 4.69) is 87.3 Å². The predicted molar refractivity (Wildman–Crippen MR) is 140 cm³/mol. The van der Waals surface area contributed by atoms with E-state index in [-0.39, 0.29) is 30.0 Å². The molecule has 1 unspecified atom stereocenters. The second-order valence-corrected chi connectivity index (χ2v) is 7.72. The van der Waals surface area contributed by atoms with Crippen LogP contribution in [0, 0.1) is 6.92 Å². The average molecular weight is 543 g/mol. The summed E-state index contributed by atoms with van der Waals surface area (Å²) in [5, 5.41) is 16.6. The van der Waals surface area contributed by atoms with Crippen molar-refractivity contribution in [2.75, 3.05) is 6.54 Å². The Morgan fingerprint density at radius 1 is 1.09 bits per heavy atom. The summed E-state index contributed by atoms with van der Waals surface area (Å²) in [6.45, 7) is 5.30. The number of rotatable bonds is 7. The Morgan fingerprint density at radius 2 is 1.84 bits per heavy atom. The molecule has 2 heterocycles. The molecular weight excluding hydrogens is 513 g/mol. The van der Waals surface area contributed by atoms with E-state index in [0.717, 1.165) is 30.6 Å². The van der Waals surface area contributed by atoms with Gasteiger partial charge in [-0.05, 0) is 36.9 Å². The fraction of sp³-hybridized carbons (Fsp3) is 0.292. The molecule has 0 bridgehead atoms. The first-order valence-electron chi connectivity index (χ1n) is 10.6. The molecule has 0 saturated heterocycles.